The first-order valence-corrected chi connectivity index (χ1v) is 9.92. The highest BCUT2D eigenvalue weighted by Crippen LogP contribution is 2.22. The van der Waals surface area contributed by atoms with E-state index >= 15 is 0 Å². The summed E-state index contributed by atoms with van der Waals surface area (Å²) in [7, 11) is 0. The van der Waals surface area contributed by atoms with E-state index < -0.39 is 4.92 Å². The Bertz CT molecular complexity index is 861. The standard InChI is InChI=1S/C19H22N4O4S/c1-14-4-5-15(23(26)27)13-16(14)20-18(24)6-7-21-8-10-22(11-9-21)19(25)17-3-2-12-28-17/h2-5,12-13H,6-11H2,1H3,(H,20,24). The van der Waals surface area contributed by atoms with Crippen LogP contribution in [0.4, 0.5) is 11.4 Å². The summed E-state index contributed by atoms with van der Waals surface area (Å²) in [5.74, 6) is -0.116. The Hall–Kier alpha value is -2.78. The van der Waals surface area contributed by atoms with Gasteiger partial charge in [0.05, 0.1) is 15.5 Å². The second kappa shape index (κ2) is 8.94. The van der Waals surface area contributed by atoms with Crippen LogP contribution in [-0.4, -0.2) is 59.3 Å². The molecule has 3 rings (SSSR count). The van der Waals surface area contributed by atoms with Crippen LogP contribution in [0, 0.1) is 17.0 Å². The molecule has 2 aromatic rings. The van der Waals surface area contributed by atoms with Gasteiger partial charge in [0.15, 0.2) is 0 Å². The fraction of sp³-hybridized carbons (Fsp3) is 0.368. The molecule has 1 aliphatic rings. The van der Waals surface area contributed by atoms with Crippen molar-refractivity contribution in [2.75, 3.05) is 38.0 Å². The molecule has 0 radical (unpaired) electrons. The quantitative estimate of drug-likeness (QED) is 0.592. The summed E-state index contributed by atoms with van der Waals surface area (Å²) in [4.78, 5) is 39.7. The number of carbonyl (C=O) groups excluding carboxylic acids is 2. The molecule has 0 aliphatic carbocycles. The first-order valence-electron chi connectivity index (χ1n) is 9.04. The van der Waals surface area contributed by atoms with Gasteiger partial charge in [-0.3, -0.25) is 24.6 Å². The number of nitrogens with zero attached hydrogens (tertiary/aromatic N) is 3. The second-order valence-electron chi connectivity index (χ2n) is 6.67. The van der Waals surface area contributed by atoms with Gasteiger partial charge in [-0.2, -0.15) is 0 Å². The molecule has 8 nitrogen and oxygen atoms in total. The summed E-state index contributed by atoms with van der Waals surface area (Å²) in [5, 5.41) is 15.5. The summed E-state index contributed by atoms with van der Waals surface area (Å²) >= 11 is 1.44. The average molecular weight is 402 g/mol. The summed E-state index contributed by atoms with van der Waals surface area (Å²) in [6, 6.07) is 8.12. The third-order valence-corrected chi connectivity index (χ3v) is 5.61. The van der Waals surface area contributed by atoms with Gasteiger partial charge in [-0.05, 0) is 23.9 Å². The number of thiophene rings is 1. The first-order chi connectivity index (χ1) is 13.4. The van der Waals surface area contributed by atoms with Crippen LogP contribution in [0.2, 0.25) is 0 Å². The Morgan fingerprint density at radius 3 is 2.61 bits per heavy atom. The summed E-state index contributed by atoms with van der Waals surface area (Å²) in [6.45, 7) is 5.11. The highest BCUT2D eigenvalue weighted by Gasteiger charge is 2.23. The number of anilines is 1. The molecule has 2 amide bonds. The predicted molar refractivity (Wildman–Crippen MR) is 108 cm³/mol. The fourth-order valence-electron chi connectivity index (χ4n) is 3.06. The fourth-order valence-corrected chi connectivity index (χ4v) is 3.75. The summed E-state index contributed by atoms with van der Waals surface area (Å²) < 4.78 is 0. The minimum atomic E-state index is -0.480. The Balaban J connectivity index is 1.45. The van der Waals surface area contributed by atoms with Crippen LogP contribution >= 0.6 is 11.3 Å². The summed E-state index contributed by atoms with van der Waals surface area (Å²) in [6.07, 6.45) is 0.293. The number of amides is 2. The molecule has 1 saturated heterocycles. The van der Waals surface area contributed by atoms with Crippen molar-refractivity contribution < 1.29 is 14.5 Å². The van der Waals surface area contributed by atoms with Crippen LogP contribution in [0.25, 0.3) is 0 Å². The van der Waals surface area contributed by atoms with Crippen LogP contribution in [0.15, 0.2) is 35.7 Å². The van der Waals surface area contributed by atoms with Crippen LogP contribution in [0.3, 0.4) is 0 Å². The van der Waals surface area contributed by atoms with Crippen LogP contribution in [0.1, 0.15) is 21.7 Å². The zero-order chi connectivity index (χ0) is 20.1. The van der Waals surface area contributed by atoms with Crippen molar-refractivity contribution in [1.82, 2.24) is 9.80 Å². The normalized spacial score (nSPS) is 14.7. The Morgan fingerprint density at radius 1 is 1.21 bits per heavy atom. The highest BCUT2D eigenvalue weighted by atomic mass is 32.1. The molecular formula is C19H22N4O4S. The Kier molecular flexibility index (Phi) is 6.37. The zero-order valence-corrected chi connectivity index (χ0v) is 16.4. The van der Waals surface area contributed by atoms with Gasteiger partial charge in [-0.15, -0.1) is 11.3 Å². The highest BCUT2D eigenvalue weighted by molar-refractivity contribution is 7.12. The largest absolute Gasteiger partial charge is 0.335 e. The molecule has 0 atom stereocenters. The number of carbonyl (C=O) groups is 2. The lowest BCUT2D eigenvalue weighted by Gasteiger charge is -2.34. The number of nitrogens with one attached hydrogen (secondary N) is 1. The van der Waals surface area contributed by atoms with Crippen LogP contribution < -0.4 is 5.32 Å². The topological polar surface area (TPSA) is 95.8 Å². The maximum absolute atomic E-state index is 12.3. The monoisotopic (exact) mass is 402 g/mol. The zero-order valence-electron chi connectivity index (χ0n) is 15.6. The van der Waals surface area contributed by atoms with E-state index in [1.807, 2.05) is 22.4 Å². The molecule has 2 heterocycles. The molecule has 9 heteroatoms. The molecular weight excluding hydrogens is 380 g/mol. The van der Waals surface area contributed by atoms with Crippen molar-refractivity contribution in [3.8, 4) is 0 Å². The molecule has 0 spiro atoms. The van der Waals surface area contributed by atoms with Gasteiger partial charge in [0.1, 0.15) is 0 Å². The van der Waals surface area contributed by atoms with E-state index in [1.54, 1.807) is 13.0 Å². The number of hydrogen-bond acceptors (Lipinski definition) is 6. The van der Waals surface area contributed by atoms with Gasteiger partial charge in [0, 0.05) is 51.3 Å². The minimum Gasteiger partial charge on any atom is -0.335 e. The molecule has 1 N–H and O–H groups in total. The number of aryl methyl sites for hydroxylation is 1. The maximum Gasteiger partial charge on any atom is 0.271 e. The first kappa shape index (κ1) is 20.0. The lowest BCUT2D eigenvalue weighted by Crippen LogP contribution is -2.49. The molecule has 28 heavy (non-hydrogen) atoms. The maximum atomic E-state index is 12.3. The molecule has 1 aromatic heterocycles. The molecule has 0 saturated carbocycles. The van der Waals surface area contributed by atoms with E-state index in [1.165, 1.54) is 23.5 Å². The molecule has 1 fully saturated rings. The van der Waals surface area contributed by atoms with Crippen molar-refractivity contribution in [3.05, 3.63) is 56.3 Å². The van der Waals surface area contributed by atoms with Gasteiger partial charge in [-0.1, -0.05) is 12.1 Å². The Labute approximate surface area is 166 Å². The molecule has 1 aliphatic heterocycles. The van der Waals surface area contributed by atoms with Gasteiger partial charge in [-0.25, -0.2) is 0 Å². The lowest BCUT2D eigenvalue weighted by molar-refractivity contribution is -0.384. The van der Waals surface area contributed by atoms with Crippen LogP contribution in [-0.2, 0) is 4.79 Å². The molecule has 1 aromatic carbocycles. The van der Waals surface area contributed by atoms with Gasteiger partial charge >= 0.3 is 0 Å². The predicted octanol–water partition coefficient (Wildman–Crippen LogP) is 2.75. The van der Waals surface area contributed by atoms with Gasteiger partial charge < -0.3 is 10.2 Å². The van der Waals surface area contributed by atoms with Crippen LogP contribution in [0.5, 0.6) is 0 Å². The number of nitro benzene ring substituents is 1. The molecule has 0 bridgehead atoms. The number of benzene rings is 1. The van der Waals surface area contributed by atoms with E-state index in [0.29, 0.717) is 31.7 Å². The number of non-ortho nitro benzene ring substituents is 1. The third kappa shape index (κ3) is 4.93. The van der Waals surface area contributed by atoms with Crippen molar-refractivity contribution >= 4 is 34.5 Å². The van der Waals surface area contributed by atoms with Gasteiger partial charge in [0.25, 0.3) is 11.6 Å². The van der Waals surface area contributed by atoms with E-state index in [0.717, 1.165) is 23.5 Å². The van der Waals surface area contributed by atoms with E-state index in [4.69, 9.17) is 0 Å². The van der Waals surface area contributed by atoms with E-state index in [2.05, 4.69) is 10.2 Å². The third-order valence-electron chi connectivity index (χ3n) is 4.75. The lowest BCUT2D eigenvalue weighted by atomic mass is 10.1. The number of nitro groups is 1. The van der Waals surface area contributed by atoms with Crippen molar-refractivity contribution in [1.29, 1.82) is 0 Å². The summed E-state index contributed by atoms with van der Waals surface area (Å²) in [5.41, 5.74) is 1.19. The number of rotatable bonds is 6. The minimum absolute atomic E-state index is 0.0487. The number of piperazine rings is 1. The average Bonchev–Trinajstić information content (AvgIpc) is 3.22. The van der Waals surface area contributed by atoms with Crippen molar-refractivity contribution in [2.45, 2.75) is 13.3 Å². The van der Waals surface area contributed by atoms with E-state index in [9.17, 15) is 19.7 Å². The smallest absolute Gasteiger partial charge is 0.271 e. The SMILES string of the molecule is Cc1ccc([N+](=O)[O-])cc1NC(=O)CCN1CCN(C(=O)c2cccs2)CC1. The molecule has 148 valence electrons. The number of hydrogen-bond donors (Lipinski definition) is 1. The van der Waals surface area contributed by atoms with Gasteiger partial charge in [0.2, 0.25) is 5.91 Å². The van der Waals surface area contributed by atoms with Crippen molar-refractivity contribution in [3.63, 3.8) is 0 Å². The molecule has 0 unspecified atom stereocenters. The van der Waals surface area contributed by atoms with Crippen molar-refractivity contribution in [2.24, 2.45) is 0 Å². The Morgan fingerprint density at radius 2 is 1.96 bits per heavy atom. The van der Waals surface area contributed by atoms with E-state index in [-0.39, 0.29) is 17.5 Å². The second-order valence-corrected chi connectivity index (χ2v) is 7.61.